The van der Waals surface area contributed by atoms with E-state index < -0.39 is 17.4 Å². The number of halogens is 2. The Hall–Kier alpha value is -0.920. The number of benzene rings is 2. The molecule has 0 aromatic heterocycles. The van der Waals surface area contributed by atoms with E-state index in [1.807, 2.05) is 0 Å². The van der Waals surface area contributed by atoms with Crippen LogP contribution < -0.4 is 0 Å². The van der Waals surface area contributed by atoms with Crippen LogP contribution in [0.25, 0.3) is 11.1 Å². The van der Waals surface area contributed by atoms with Crippen LogP contribution in [0, 0.1) is 13.8 Å². The first-order valence-electron chi connectivity index (χ1n) is 11.1. The fourth-order valence-corrected chi connectivity index (χ4v) is 21.6. The number of allylic oxidation sites excluding steroid dienone is 8. The van der Waals surface area contributed by atoms with E-state index in [0.29, 0.717) is 0 Å². The summed E-state index contributed by atoms with van der Waals surface area (Å²) in [6.07, 6.45) is 7.24. The van der Waals surface area contributed by atoms with Gasteiger partial charge < -0.3 is 0 Å². The van der Waals surface area contributed by atoms with Gasteiger partial charge in [-0.25, -0.2) is 0 Å². The van der Waals surface area contributed by atoms with Crippen molar-refractivity contribution in [3.63, 3.8) is 0 Å². The summed E-state index contributed by atoms with van der Waals surface area (Å²) in [5.41, 5.74) is 11.4. The standard InChI is InChI=1S/2C13H13.2CH3.2ClH.H2Si.Zr/c2*1-10-6-8-12(9-7-10)13-5-3-4-11(13)2;;;;;;/h2*5-9H,3H2,1-2H3;2*1H3;2*1H;1H2;. The van der Waals surface area contributed by atoms with E-state index in [2.05, 4.69) is 105 Å². The van der Waals surface area contributed by atoms with Gasteiger partial charge in [0, 0.05) is 0 Å². The molecule has 0 heterocycles. The molecule has 0 N–H and O–H groups in total. The van der Waals surface area contributed by atoms with E-state index in [-0.39, 0.29) is 24.8 Å². The Morgan fingerprint density at radius 3 is 1.22 bits per heavy atom. The summed E-state index contributed by atoms with van der Waals surface area (Å²) in [6.45, 7) is 11.5. The van der Waals surface area contributed by atoms with Crippen molar-refractivity contribution in [2.75, 3.05) is 0 Å². The van der Waals surface area contributed by atoms with Crippen molar-refractivity contribution in [3.05, 3.63) is 101 Å². The number of hydrogen-bond donors (Lipinski definition) is 0. The third-order valence-electron chi connectivity index (χ3n) is 7.39. The molecule has 0 amide bonds. The largest absolute Gasteiger partial charge is 0.147 e. The molecule has 2 aliphatic carbocycles. The Balaban J connectivity index is 0.00000181. The molecule has 0 spiro atoms. The fraction of sp³-hybridized carbons (Fsp3) is 0.286. The van der Waals surface area contributed by atoms with E-state index in [1.54, 1.807) is 17.7 Å². The summed E-state index contributed by atoms with van der Waals surface area (Å²) in [7, 11) is 0. The molecule has 4 heteroatoms. The molecule has 0 saturated heterocycles. The summed E-state index contributed by atoms with van der Waals surface area (Å²) in [4.78, 5) is 0. The quantitative estimate of drug-likeness (QED) is 0.329. The van der Waals surface area contributed by atoms with Gasteiger partial charge in [0.2, 0.25) is 0 Å². The van der Waals surface area contributed by atoms with Crippen LogP contribution in [-0.2, 0) is 17.4 Å². The second-order valence-corrected chi connectivity index (χ2v) is 39.0. The van der Waals surface area contributed by atoms with Crippen LogP contribution in [0.4, 0.5) is 0 Å². The zero-order chi connectivity index (χ0) is 21.7. The summed E-state index contributed by atoms with van der Waals surface area (Å²) < 4.78 is 8.88. The predicted molar refractivity (Wildman–Crippen MR) is 148 cm³/mol. The predicted octanol–water partition coefficient (Wildman–Crippen LogP) is 8.30. The van der Waals surface area contributed by atoms with Crippen LogP contribution in [0.1, 0.15) is 48.9 Å². The van der Waals surface area contributed by atoms with E-state index >= 15 is 0 Å². The van der Waals surface area contributed by atoms with Crippen LogP contribution in [0.15, 0.2) is 78.4 Å². The average Bonchev–Trinajstić information content (AvgIpc) is 3.27. The summed E-state index contributed by atoms with van der Waals surface area (Å²) in [5, 5.41) is 0. The smallest absolute Gasteiger partial charge is 0.147 e. The van der Waals surface area contributed by atoms with Gasteiger partial charge in [-0.05, 0) is 0 Å². The molecule has 0 radical (unpaired) electrons. The maximum atomic E-state index is 2.66. The van der Waals surface area contributed by atoms with E-state index in [1.165, 1.54) is 33.4 Å². The van der Waals surface area contributed by atoms with Crippen LogP contribution in [0.2, 0.25) is 9.26 Å². The van der Waals surface area contributed by atoms with Gasteiger partial charge in [0.25, 0.3) is 0 Å². The first kappa shape index (κ1) is 27.3. The first-order valence-corrected chi connectivity index (χ1v) is 24.4. The molecule has 0 nitrogen and oxygen atoms in total. The summed E-state index contributed by atoms with van der Waals surface area (Å²) >= 11 is -3.22. The van der Waals surface area contributed by atoms with Crippen molar-refractivity contribution in [1.29, 1.82) is 0 Å². The Labute approximate surface area is 209 Å². The minimum Gasteiger partial charge on any atom is -0.147 e. The Kier molecular flexibility index (Phi) is 8.32. The minimum absolute atomic E-state index is 0. The topological polar surface area (TPSA) is 0 Å². The zero-order valence-electron chi connectivity index (χ0n) is 20.2. The molecule has 2 aromatic rings. The number of rotatable bonds is 4. The van der Waals surface area contributed by atoms with Crippen molar-refractivity contribution in [2.24, 2.45) is 0 Å². The molecular formula is C28H36Cl2SiZr. The molecule has 0 atom stereocenters. The first-order chi connectivity index (χ1) is 14.1. The molecule has 0 unspecified atom stereocenters. The molecule has 2 aromatic carbocycles. The van der Waals surface area contributed by atoms with Crippen molar-refractivity contribution in [1.82, 2.24) is 0 Å². The summed E-state index contributed by atoms with van der Waals surface area (Å²) in [6, 6.07) is 18.1. The second-order valence-electron chi connectivity index (χ2n) is 10.3. The average molecular weight is 563 g/mol. The number of hydrogen-bond acceptors (Lipinski definition) is 0. The molecule has 0 bridgehead atoms. The molecule has 0 fully saturated rings. The SMILES string of the molecule is CC1=[C]([Zr]([CH3])([CH3])(=[SiH2])[C]2=C(C)C(c3ccc(C)cc3)=CC2)CC=C1c1ccc(C)cc1.Cl.Cl. The van der Waals surface area contributed by atoms with Gasteiger partial charge in [0.1, 0.15) is 0 Å². The molecule has 4 rings (SSSR count). The van der Waals surface area contributed by atoms with Crippen molar-refractivity contribution >= 4 is 42.8 Å². The third-order valence-corrected chi connectivity index (χ3v) is 24.8. The van der Waals surface area contributed by atoms with E-state index in [9.17, 15) is 0 Å². The van der Waals surface area contributed by atoms with Gasteiger partial charge in [0.05, 0.1) is 0 Å². The van der Waals surface area contributed by atoms with Crippen molar-refractivity contribution in [2.45, 2.75) is 49.8 Å². The van der Waals surface area contributed by atoms with Gasteiger partial charge in [-0.1, -0.05) is 0 Å². The fourth-order valence-electron chi connectivity index (χ4n) is 5.52. The normalized spacial score (nSPS) is 16.5. The maximum Gasteiger partial charge on any atom is -0.147 e. The Morgan fingerprint density at radius 2 is 0.906 bits per heavy atom. The van der Waals surface area contributed by atoms with E-state index in [4.69, 9.17) is 0 Å². The van der Waals surface area contributed by atoms with Crippen molar-refractivity contribution < 1.29 is 17.4 Å². The second kappa shape index (κ2) is 9.75. The molecule has 32 heavy (non-hydrogen) atoms. The van der Waals surface area contributed by atoms with Crippen LogP contribution in [-0.4, -0.2) is 6.88 Å². The number of aryl methyl sites for hydroxylation is 2. The van der Waals surface area contributed by atoms with Gasteiger partial charge >= 0.3 is 186 Å². The Morgan fingerprint density at radius 1 is 0.594 bits per heavy atom. The van der Waals surface area contributed by atoms with Crippen molar-refractivity contribution in [3.8, 4) is 0 Å². The summed E-state index contributed by atoms with van der Waals surface area (Å²) in [5.74, 6) is 0. The third kappa shape index (κ3) is 4.80. The molecule has 170 valence electrons. The van der Waals surface area contributed by atoms with Crippen LogP contribution >= 0.6 is 24.8 Å². The monoisotopic (exact) mass is 560 g/mol. The minimum atomic E-state index is -3.22. The zero-order valence-corrected chi connectivity index (χ0v) is 25.7. The van der Waals surface area contributed by atoms with Gasteiger partial charge in [-0.15, -0.1) is 24.8 Å². The molecule has 0 saturated carbocycles. The van der Waals surface area contributed by atoms with Gasteiger partial charge in [-0.2, -0.15) is 0 Å². The van der Waals surface area contributed by atoms with E-state index in [0.717, 1.165) is 12.8 Å². The molecule has 0 aliphatic heterocycles. The van der Waals surface area contributed by atoms with Crippen LogP contribution in [0.3, 0.4) is 0 Å². The maximum absolute atomic E-state index is 3.22. The molecule has 2 aliphatic rings. The van der Waals surface area contributed by atoms with Gasteiger partial charge in [-0.3, -0.25) is 0 Å². The van der Waals surface area contributed by atoms with Gasteiger partial charge in [0.15, 0.2) is 0 Å². The van der Waals surface area contributed by atoms with Crippen LogP contribution in [0.5, 0.6) is 0 Å². The molecular weight excluding hydrogens is 527 g/mol. The Bertz CT molecular complexity index is 1130.